The molecule has 5 heteroatoms. The molecule has 0 saturated heterocycles. The van der Waals surface area contributed by atoms with Gasteiger partial charge in [-0.05, 0) is 30.3 Å². The topological polar surface area (TPSA) is 75.4 Å². The quantitative estimate of drug-likeness (QED) is 0.588. The Balaban J connectivity index is 1.72. The van der Waals surface area contributed by atoms with E-state index in [1.54, 1.807) is 42.5 Å². The molecule has 0 aliphatic carbocycles. The minimum atomic E-state index is -0.245. The van der Waals surface area contributed by atoms with E-state index in [4.69, 9.17) is 4.42 Å². The van der Waals surface area contributed by atoms with Gasteiger partial charge in [-0.1, -0.05) is 24.3 Å². The van der Waals surface area contributed by atoms with Gasteiger partial charge in [0.1, 0.15) is 11.3 Å². The van der Waals surface area contributed by atoms with Crippen LogP contribution < -0.4 is 5.32 Å². The number of rotatable bonds is 2. The number of carbonyl (C=O) groups excluding carboxylic acids is 1. The number of nitrogens with one attached hydrogen (secondary N) is 1. The van der Waals surface area contributed by atoms with E-state index in [9.17, 15) is 9.90 Å². The molecular formula is C18H12N2O3. The molecule has 23 heavy (non-hydrogen) atoms. The maximum absolute atomic E-state index is 12.5. The molecule has 4 aromatic rings. The van der Waals surface area contributed by atoms with Crippen LogP contribution in [-0.2, 0) is 0 Å². The van der Waals surface area contributed by atoms with Crippen LogP contribution in [-0.4, -0.2) is 16.0 Å². The highest BCUT2D eigenvalue weighted by Crippen LogP contribution is 2.30. The van der Waals surface area contributed by atoms with Crippen LogP contribution in [0.15, 0.2) is 65.4 Å². The fourth-order valence-electron chi connectivity index (χ4n) is 2.60. The molecule has 2 N–H and O–H groups in total. The Morgan fingerprint density at radius 2 is 1.87 bits per heavy atom. The van der Waals surface area contributed by atoms with Gasteiger partial charge in [0.25, 0.3) is 5.91 Å². The van der Waals surface area contributed by atoms with Gasteiger partial charge in [-0.15, -0.1) is 0 Å². The van der Waals surface area contributed by atoms with Crippen molar-refractivity contribution in [3.05, 3.63) is 66.6 Å². The van der Waals surface area contributed by atoms with E-state index < -0.39 is 0 Å². The lowest BCUT2D eigenvalue weighted by Gasteiger charge is -2.09. The Morgan fingerprint density at radius 3 is 2.78 bits per heavy atom. The van der Waals surface area contributed by atoms with Gasteiger partial charge in [-0.25, -0.2) is 4.98 Å². The molecule has 5 nitrogen and oxygen atoms in total. The standard InChI is InChI=1S/C18H12N2O3/c21-16-6-2-3-12-13(16)4-1-5-14(12)20-18(22)11-7-8-17-15(9-11)19-10-23-17/h1-10,21H,(H,20,22). The summed E-state index contributed by atoms with van der Waals surface area (Å²) >= 11 is 0. The Morgan fingerprint density at radius 1 is 1.04 bits per heavy atom. The third-order valence-corrected chi connectivity index (χ3v) is 3.74. The fraction of sp³-hybridized carbons (Fsp3) is 0. The van der Waals surface area contributed by atoms with Crippen molar-refractivity contribution in [2.45, 2.75) is 0 Å². The second-order valence-electron chi connectivity index (χ2n) is 5.17. The monoisotopic (exact) mass is 304 g/mol. The number of fused-ring (bicyclic) bond motifs is 2. The van der Waals surface area contributed by atoms with Gasteiger partial charge in [0, 0.05) is 22.0 Å². The van der Waals surface area contributed by atoms with Crippen molar-refractivity contribution in [3.8, 4) is 5.75 Å². The van der Waals surface area contributed by atoms with Crippen LogP contribution in [0.2, 0.25) is 0 Å². The number of anilines is 1. The summed E-state index contributed by atoms with van der Waals surface area (Å²) < 4.78 is 5.17. The second kappa shape index (κ2) is 5.14. The summed E-state index contributed by atoms with van der Waals surface area (Å²) in [5.41, 5.74) is 2.40. The van der Waals surface area contributed by atoms with Gasteiger partial charge in [-0.3, -0.25) is 4.79 Å². The molecule has 1 heterocycles. The molecule has 0 radical (unpaired) electrons. The first-order chi connectivity index (χ1) is 11.2. The molecule has 1 amide bonds. The number of aromatic hydroxyl groups is 1. The summed E-state index contributed by atoms with van der Waals surface area (Å²) in [5.74, 6) is -0.0617. The molecule has 0 aliphatic heterocycles. The number of hydrogen-bond donors (Lipinski definition) is 2. The average molecular weight is 304 g/mol. The van der Waals surface area contributed by atoms with Gasteiger partial charge in [0.2, 0.25) is 0 Å². The maximum atomic E-state index is 12.5. The van der Waals surface area contributed by atoms with E-state index >= 15 is 0 Å². The van der Waals surface area contributed by atoms with Gasteiger partial charge in [-0.2, -0.15) is 0 Å². The number of benzene rings is 3. The van der Waals surface area contributed by atoms with Gasteiger partial charge >= 0.3 is 0 Å². The number of phenols is 1. The summed E-state index contributed by atoms with van der Waals surface area (Å²) in [7, 11) is 0. The number of oxazole rings is 1. The molecule has 0 aliphatic rings. The SMILES string of the molecule is O=C(Nc1cccc2c(O)cccc12)c1ccc2ocnc2c1. The zero-order chi connectivity index (χ0) is 15.8. The highest BCUT2D eigenvalue weighted by atomic mass is 16.3. The summed E-state index contributed by atoms with van der Waals surface area (Å²) in [6.07, 6.45) is 1.35. The lowest BCUT2D eigenvalue weighted by molar-refractivity contribution is 0.102. The summed E-state index contributed by atoms with van der Waals surface area (Å²) in [6.45, 7) is 0. The third-order valence-electron chi connectivity index (χ3n) is 3.74. The number of aromatic nitrogens is 1. The van der Waals surface area contributed by atoms with Crippen LogP contribution >= 0.6 is 0 Å². The predicted molar refractivity (Wildman–Crippen MR) is 87.6 cm³/mol. The molecule has 0 atom stereocenters. The smallest absolute Gasteiger partial charge is 0.255 e. The Hall–Kier alpha value is -3.34. The second-order valence-corrected chi connectivity index (χ2v) is 5.17. The Bertz CT molecular complexity index is 1040. The summed E-state index contributed by atoms with van der Waals surface area (Å²) in [6, 6.07) is 15.7. The lowest BCUT2D eigenvalue weighted by Crippen LogP contribution is -2.12. The molecule has 0 bridgehead atoms. The van der Waals surface area contributed by atoms with Crippen molar-refractivity contribution in [3.63, 3.8) is 0 Å². The number of hydrogen-bond acceptors (Lipinski definition) is 4. The molecule has 0 spiro atoms. The van der Waals surface area contributed by atoms with Gasteiger partial charge in [0.15, 0.2) is 12.0 Å². The molecule has 0 fully saturated rings. The highest BCUT2D eigenvalue weighted by molar-refractivity contribution is 6.10. The Kier molecular flexibility index (Phi) is 2.98. The van der Waals surface area contributed by atoms with Gasteiger partial charge < -0.3 is 14.8 Å². The molecule has 0 saturated carbocycles. The summed E-state index contributed by atoms with van der Waals surface area (Å²) in [5, 5.41) is 14.3. The van der Waals surface area contributed by atoms with Crippen molar-refractivity contribution >= 4 is 33.5 Å². The molecule has 1 aromatic heterocycles. The lowest BCUT2D eigenvalue weighted by atomic mass is 10.1. The largest absolute Gasteiger partial charge is 0.507 e. The van der Waals surface area contributed by atoms with Crippen LogP contribution in [0.3, 0.4) is 0 Å². The average Bonchev–Trinajstić information content (AvgIpc) is 3.03. The van der Waals surface area contributed by atoms with Crippen LogP contribution in [0.1, 0.15) is 10.4 Å². The van der Waals surface area contributed by atoms with E-state index in [1.807, 2.05) is 12.1 Å². The van der Waals surface area contributed by atoms with Gasteiger partial charge in [0.05, 0.1) is 0 Å². The first-order valence-corrected chi connectivity index (χ1v) is 7.08. The minimum Gasteiger partial charge on any atom is -0.507 e. The molecule has 4 rings (SSSR count). The Labute approximate surface area is 131 Å². The third kappa shape index (κ3) is 2.28. The number of phenolic OH excluding ortho intramolecular Hbond substituents is 1. The van der Waals surface area contributed by atoms with E-state index in [-0.39, 0.29) is 11.7 Å². The first kappa shape index (κ1) is 13.3. The van der Waals surface area contributed by atoms with Crippen molar-refractivity contribution < 1.29 is 14.3 Å². The van der Waals surface area contributed by atoms with Crippen molar-refractivity contribution in [2.75, 3.05) is 5.32 Å². The van der Waals surface area contributed by atoms with E-state index in [2.05, 4.69) is 10.3 Å². The van der Waals surface area contributed by atoms with Crippen LogP contribution in [0.4, 0.5) is 5.69 Å². The van der Waals surface area contributed by atoms with E-state index in [0.717, 1.165) is 5.39 Å². The zero-order valence-corrected chi connectivity index (χ0v) is 12.0. The fourth-order valence-corrected chi connectivity index (χ4v) is 2.60. The normalized spacial score (nSPS) is 11.0. The van der Waals surface area contributed by atoms with Crippen LogP contribution in [0.5, 0.6) is 5.75 Å². The highest BCUT2D eigenvalue weighted by Gasteiger charge is 2.11. The maximum Gasteiger partial charge on any atom is 0.255 e. The number of nitrogens with zero attached hydrogens (tertiary/aromatic N) is 1. The van der Waals surface area contributed by atoms with E-state index in [1.165, 1.54) is 6.39 Å². The first-order valence-electron chi connectivity index (χ1n) is 7.08. The van der Waals surface area contributed by atoms with Crippen molar-refractivity contribution in [2.24, 2.45) is 0 Å². The number of carbonyl (C=O) groups is 1. The predicted octanol–water partition coefficient (Wildman–Crippen LogP) is 3.94. The molecular weight excluding hydrogens is 292 g/mol. The van der Waals surface area contributed by atoms with Crippen molar-refractivity contribution in [1.29, 1.82) is 0 Å². The molecule has 0 unspecified atom stereocenters. The molecule has 112 valence electrons. The van der Waals surface area contributed by atoms with Crippen LogP contribution in [0, 0.1) is 0 Å². The summed E-state index contributed by atoms with van der Waals surface area (Å²) in [4.78, 5) is 16.5. The number of amides is 1. The minimum absolute atomic E-state index is 0.183. The van der Waals surface area contributed by atoms with Crippen LogP contribution in [0.25, 0.3) is 21.9 Å². The molecule has 3 aromatic carbocycles. The van der Waals surface area contributed by atoms with Crippen molar-refractivity contribution in [1.82, 2.24) is 4.98 Å². The van der Waals surface area contributed by atoms with E-state index in [0.29, 0.717) is 27.7 Å². The zero-order valence-electron chi connectivity index (χ0n) is 12.0.